The molecule has 0 unspecified atom stereocenters. The second kappa shape index (κ2) is 11.7. The van der Waals surface area contributed by atoms with Gasteiger partial charge in [0.15, 0.2) is 0 Å². The quantitative estimate of drug-likeness (QED) is 0.182. The Morgan fingerprint density at radius 3 is 1.20 bits per heavy atom. The summed E-state index contributed by atoms with van der Waals surface area (Å²) in [4.78, 5) is 11.4. The molecule has 4 heterocycles. The highest BCUT2D eigenvalue weighted by molar-refractivity contribution is 7.25. The molecule has 256 valence electrons. The molecular formula is C50H30N4S. The fraction of sp³-hybridized carbons (Fsp3) is 0. The highest BCUT2D eigenvalue weighted by Gasteiger charge is 2.17. The van der Waals surface area contributed by atoms with E-state index in [9.17, 15) is 0 Å². The van der Waals surface area contributed by atoms with E-state index in [0.29, 0.717) is 0 Å². The summed E-state index contributed by atoms with van der Waals surface area (Å²) >= 11 is 1.70. The molecule has 0 atom stereocenters. The number of thiophene rings is 1. The van der Waals surface area contributed by atoms with E-state index in [1.807, 2.05) is 0 Å². The molecule has 0 saturated heterocycles. The lowest BCUT2D eigenvalue weighted by atomic mass is 9.93. The van der Waals surface area contributed by atoms with Gasteiger partial charge in [0.2, 0.25) is 0 Å². The Morgan fingerprint density at radius 1 is 0.364 bits per heavy atom. The number of hydrogen-bond donors (Lipinski definition) is 0. The molecule has 0 saturated carbocycles. The molecule has 55 heavy (non-hydrogen) atoms. The van der Waals surface area contributed by atoms with Gasteiger partial charge in [-0.15, -0.1) is 11.3 Å². The van der Waals surface area contributed by atoms with Crippen LogP contribution in [0.1, 0.15) is 0 Å². The summed E-state index contributed by atoms with van der Waals surface area (Å²) in [6.45, 7) is 0. The Hall–Kier alpha value is -7.08. The number of para-hydroxylation sites is 4. The largest absolute Gasteiger partial charge is 0.309 e. The van der Waals surface area contributed by atoms with Gasteiger partial charge >= 0.3 is 0 Å². The van der Waals surface area contributed by atoms with Crippen LogP contribution in [0.5, 0.6) is 0 Å². The zero-order valence-electron chi connectivity index (χ0n) is 29.5. The van der Waals surface area contributed by atoms with Gasteiger partial charge in [0.05, 0.1) is 33.1 Å². The van der Waals surface area contributed by atoms with Gasteiger partial charge in [-0.1, -0.05) is 115 Å². The molecule has 0 fully saturated rings. The van der Waals surface area contributed by atoms with E-state index in [2.05, 4.69) is 191 Å². The van der Waals surface area contributed by atoms with Gasteiger partial charge in [0.25, 0.3) is 0 Å². The first-order valence-electron chi connectivity index (χ1n) is 18.6. The number of rotatable bonds is 4. The molecule has 0 amide bonds. The summed E-state index contributed by atoms with van der Waals surface area (Å²) < 4.78 is 5.94. The molecule has 0 spiro atoms. The van der Waals surface area contributed by atoms with Gasteiger partial charge < -0.3 is 9.13 Å². The van der Waals surface area contributed by atoms with E-state index in [0.717, 1.165) is 60.4 Å². The fourth-order valence-corrected chi connectivity index (χ4v) is 9.67. The number of aromatic nitrogens is 4. The van der Waals surface area contributed by atoms with E-state index >= 15 is 0 Å². The van der Waals surface area contributed by atoms with Crippen LogP contribution in [0.4, 0.5) is 0 Å². The molecule has 12 aromatic rings. The summed E-state index contributed by atoms with van der Waals surface area (Å²) in [5.41, 5.74) is 14.3. The Labute approximate surface area is 319 Å². The average molecular weight is 719 g/mol. The van der Waals surface area contributed by atoms with Crippen molar-refractivity contribution in [1.82, 2.24) is 19.1 Å². The molecule has 4 nitrogen and oxygen atoms in total. The number of benzene rings is 8. The average Bonchev–Trinajstić information content (AvgIpc) is 3.90. The van der Waals surface area contributed by atoms with Crippen molar-refractivity contribution in [2.75, 3.05) is 0 Å². The lowest BCUT2D eigenvalue weighted by molar-refractivity contribution is 1.18. The Morgan fingerprint density at radius 2 is 0.745 bits per heavy atom. The van der Waals surface area contributed by atoms with Crippen molar-refractivity contribution in [3.8, 4) is 33.6 Å². The summed E-state index contributed by atoms with van der Waals surface area (Å²) in [5.74, 6) is 0. The molecule has 8 aromatic carbocycles. The molecule has 0 radical (unpaired) electrons. The van der Waals surface area contributed by atoms with Crippen molar-refractivity contribution in [2.45, 2.75) is 0 Å². The molecule has 5 heteroatoms. The standard InChI is InChI=1S/C50H30N4S/c1-6-16-44-35(11-1)36-12-2-7-17-45(36)53(44)33-25-21-31(22-26-33)40-29-42-43(52-50-49(51-42)39-15-5-10-20-48(39)55-50)30-41(40)32-23-27-34(28-24-32)54-46-18-8-3-13-37(46)38-14-4-9-19-47(38)54/h1-30H. The summed E-state index contributed by atoms with van der Waals surface area (Å²) in [7, 11) is 0. The first-order chi connectivity index (χ1) is 27.3. The van der Waals surface area contributed by atoms with E-state index in [1.165, 1.54) is 48.3 Å². The number of fused-ring (bicyclic) bond motifs is 10. The molecular weight excluding hydrogens is 689 g/mol. The van der Waals surface area contributed by atoms with E-state index in [1.54, 1.807) is 11.3 Å². The normalized spacial score (nSPS) is 12.0. The minimum absolute atomic E-state index is 0.892. The molecule has 4 aromatic heterocycles. The highest BCUT2D eigenvalue weighted by Crippen LogP contribution is 2.40. The number of nitrogens with zero attached hydrogens (tertiary/aromatic N) is 4. The molecule has 0 aliphatic heterocycles. The molecule has 0 N–H and O–H groups in total. The fourth-order valence-electron chi connectivity index (χ4n) is 8.65. The molecule has 0 aliphatic rings. The lowest BCUT2D eigenvalue weighted by Gasteiger charge is -2.15. The third kappa shape index (κ3) is 4.57. The Bertz CT molecular complexity index is 3370. The van der Waals surface area contributed by atoms with Crippen LogP contribution in [0, 0.1) is 0 Å². The van der Waals surface area contributed by atoms with Crippen LogP contribution in [0.2, 0.25) is 0 Å². The first-order valence-corrected chi connectivity index (χ1v) is 19.4. The maximum Gasteiger partial charge on any atom is 0.143 e. The maximum atomic E-state index is 5.26. The summed E-state index contributed by atoms with van der Waals surface area (Å²) in [6.07, 6.45) is 0. The number of hydrogen-bond acceptors (Lipinski definition) is 3. The summed E-state index contributed by atoms with van der Waals surface area (Å²) in [5, 5.41) is 6.19. The zero-order chi connectivity index (χ0) is 36.0. The van der Waals surface area contributed by atoms with Crippen LogP contribution in [0.25, 0.3) is 109 Å². The zero-order valence-corrected chi connectivity index (χ0v) is 30.3. The van der Waals surface area contributed by atoms with Gasteiger partial charge in [-0.2, -0.15) is 0 Å². The van der Waals surface area contributed by atoms with Crippen LogP contribution in [-0.4, -0.2) is 19.1 Å². The van der Waals surface area contributed by atoms with Gasteiger partial charge in [0, 0.05) is 43.0 Å². The summed E-state index contributed by atoms with van der Waals surface area (Å²) in [6, 6.07) is 65.6. The van der Waals surface area contributed by atoms with Crippen LogP contribution in [-0.2, 0) is 0 Å². The minimum Gasteiger partial charge on any atom is -0.309 e. The van der Waals surface area contributed by atoms with Gasteiger partial charge in [0.1, 0.15) is 10.3 Å². The molecule has 0 aliphatic carbocycles. The molecule has 0 bridgehead atoms. The lowest BCUT2D eigenvalue weighted by Crippen LogP contribution is -1.95. The Balaban J connectivity index is 1.04. The second-order valence-corrected chi connectivity index (χ2v) is 15.2. The Kier molecular flexibility index (Phi) is 6.47. The van der Waals surface area contributed by atoms with Crippen molar-refractivity contribution in [2.24, 2.45) is 0 Å². The third-order valence-corrected chi connectivity index (χ3v) is 12.2. The van der Waals surface area contributed by atoms with Crippen molar-refractivity contribution >= 4 is 86.4 Å². The van der Waals surface area contributed by atoms with Gasteiger partial charge in [-0.05, 0) is 89.0 Å². The van der Waals surface area contributed by atoms with E-state index in [-0.39, 0.29) is 0 Å². The topological polar surface area (TPSA) is 35.6 Å². The highest BCUT2D eigenvalue weighted by atomic mass is 32.1. The van der Waals surface area contributed by atoms with Crippen molar-refractivity contribution in [3.05, 3.63) is 182 Å². The van der Waals surface area contributed by atoms with Gasteiger partial charge in [-0.3, -0.25) is 0 Å². The predicted octanol–water partition coefficient (Wildman–Crippen LogP) is 13.5. The van der Waals surface area contributed by atoms with Crippen LogP contribution < -0.4 is 0 Å². The second-order valence-electron chi connectivity index (χ2n) is 14.2. The third-order valence-electron chi connectivity index (χ3n) is 11.2. The smallest absolute Gasteiger partial charge is 0.143 e. The van der Waals surface area contributed by atoms with Gasteiger partial charge in [-0.25, -0.2) is 9.97 Å². The van der Waals surface area contributed by atoms with Crippen molar-refractivity contribution in [1.29, 1.82) is 0 Å². The van der Waals surface area contributed by atoms with Crippen molar-refractivity contribution in [3.63, 3.8) is 0 Å². The molecule has 12 rings (SSSR count). The monoisotopic (exact) mass is 718 g/mol. The van der Waals surface area contributed by atoms with Crippen LogP contribution >= 0.6 is 11.3 Å². The predicted molar refractivity (Wildman–Crippen MR) is 232 cm³/mol. The van der Waals surface area contributed by atoms with E-state index < -0.39 is 0 Å². The first kappa shape index (κ1) is 30.4. The van der Waals surface area contributed by atoms with E-state index in [4.69, 9.17) is 9.97 Å². The maximum absolute atomic E-state index is 5.26. The minimum atomic E-state index is 0.892. The van der Waals surface area contributed by atoms with Crippen molar-refractivity contribution < 1.29 is 0 Å². The van der Waals surface area contributed by atoms with Crippen LogP contribution in [0.15, 0.2) is 182 Å². The van der Waals surface area contributed by atoms with Crippen LogP contribution in [0.3, 0.4) is 0 Å². The SMILES string of the molecule is c1ccc2c(c1)sc1nc3cc(-c4ccc(-n5c6ccccc6c6ccccc65)cc4)c(-c4ccc(-n5c6ccccc6c6ccccc65)cc4)cc3nc12.